The minimum absolute atomic E-state index is 0.00791. The molecule has 0 aromatic rings. The summed E-state index contributed by atoms with van der Waals surface area (Å²) in [5.74, 6) is -0.818. The summed E-state index contributed by atoms with van der Waals surface area (Å²) in [5, 5.41) is 10.5. The zero-order valence-electron chi connectivity index (χ0n) is 22.4. The standard InChI is InChI=1S/C22H42Cl3N7O8/c23-22(24,25)16-40-20(36)32-21(13-37-10-1-17(33)29-7-4-26,14-38-11-2-18(34)30-8-5-27)15-39-12-3-19(35)31-9-6-28/h1-16,26-28H2,(H,29,33)(H,30,34)(H,31,35)(H,32,36). The number of rotatable bonds is 23. The van der Waals surface area contributed by atoms with Crippen LogP contribution in [0.2, 0.25) is 0 Å². The van der Waals surface area contributed by atoms with Gasteiger partial charge in [-0.2, -0.15) is 0 Å². The molecule has 0 fully saturated rings. The smallest absolute Gasteiger partial charge is 0.407 e. The molecule has 0 saturated heterocycles. The third-order valence-electron chi connectivity index (χ3n) is 4.69. The second kappa shape index (κ2) is 22.9. The molecule has 0 unspecified atom stereocenters. The second-order valence-corrected chi connectivity index (χ2v) is 10.9. The number of carbonyl (C=O) groups is 4. The zero-order chi connectivity index (χ0) is 30.3. The van der Waals surface area contributed by atoms with E-state index in [0.717, 1.165) is 0 Å². The third-order valence-corrected chi connectivity index (χ3v) is 5.02. The van der Waals surface area contributed by atoms with Crippen LogP contribution in [-0.4, -0.2) is 119 Å². The lowest BCUT2D eigenvalue weighted by molar-refractivity contribution is -0.122. The van der Waals surface area contributed by atoms with Gasteiger partial charge in [-0.1, -0.05) is 34.8 Å². The van der Waals surface area contributed by atoms with Gasteiger partial charge in [0, 0.05) is 58.5 Å². The first-order chi connectivity index (χ1) is 19.0. The maximum absolute atomic E-state index is 12.6. The molecular weight excluding hydrogens is 597 g/mol. The predicted molar refractivity (Wildman–Crippen MR) is 150 cm³/mol. The van der Waals surface area contributed by atoms with Gasteiger partial charge in [0.25, 0.3) is 0 Å². The lowest BCUT2D eigenvalue weighted by Crippen LogP contribution is -2.59. The quantitative estimate of drug-likeness (QED) is 0.0491. The van der Waals surface area contributed by atoms with Crippen molar-refractivity contribution in [1.82, 2.24) is 21.3 Å². The van der Waals surface area contributed by atoms with Gasteiger partial charge in [0.1, 0.15) is 12.1 Å². The first-order valence-electron chi connectivity index (χ1n) is 12.6. The van der Waals surface area contributed by atoms with Gasteiger partial charge in [0.05, 0.1) is 39.6 Å². The van der Waals surface area contributed by atoms with Crippen LogP contribution in [0.4, 0.5) is 4.79 Å². The van der Waals surface area contributed by atoms with Crippen LogP contribution in [0.3, 0.4) is 0 Å². The molecule has 0 atom stereocenters. The Kier molecular flexibility index (Phi) is 22.0. The zero-order valence-corrected chi connectivity index (χ0v) is 24.7. The van der Waals surface area contributed by atoms with E-state index < -0.39 is 22.0 Å². The van der Waals surface area contributed by atoms with Crippen molar-refractivity contribution in [1.29, 1.82) is 0 Å². The van der Waals surface area contributed by atoms with Crippen LogP contribution < -0.4 is 38.5 Å². The number of hydrogen-bond acceptors (Lipinski definition) is 11. The van der Waals surface area contributed by atoms with Crippen LogP contribution in [0.25, 0.3) is 0 Å². The number of carbonyl (C=O) groups excluding carboxylic acids is 4. The van der Waals surface area contributed by atoms with E-state index >= 15 is 0 Å². The molecule has 10 N–H and O–H groups in total. The lowest BCUT2D eigenvalue weighted by Gasteiger charge is -2.34. The highest BCUT2D eigenvalue weighted by molar-refractivity contribution is 6.67. The van der Waals surface area contributed by atoms with E-state index in [1.54, 1.807) is 0 Å². The van der Waals surface area contributed by atoms with Gasteiger partial charge in [-0.3, -0.25) is 14.4 Å². The summed E-state index contributed by atoms with van der Waals surface area (Å²) in [6, 6.07) is 0. The van der Waals surface area contributed by atoms with Crippen LogP contribution in [0.5, 0.6) is 0 Å². The highest BCUT2D eigenvalue weighted by Crippen LogP contribution is 2.26. The van der Waals surface area contributed by atoms with E-state index in [9.17, 15) is 19.2 Å². The number of alkyl halides is 3. The van der Waals surface area contributed by atoms with Crippen LogP contribution in [0.15, 0.2) is 0 Å². The van der Waals surface area contributed by atoms with E-state index in [1.807, 2.05) is 0 Å². The molecule has 0 aliphatic heterocycles. The molecule has 0 bridgehead atoms. The van der Waals surface area contributed by atoms with Crippen LogP contribution in [0, 0.1) is 0 Å². The Bertz CT molecular complexity index is 678. The molecule has 0 spiro atoms. The van der Waals surface area contributed by atoms with Crippen LogP contribution >= 0.6 is 34.8 Å². The average Bonchev–Trinajstić information content (AvgIpc) is 2.90. The fourth-order valence-electron chi connectivity index (χ4n) is 2.83. The van der Waals surface area contributed by atoms with E-state index in [4.69, 9.17) is 71.0 Å². The molecule has 0 radical (unpaired) electrons. The summed E-state index contributed by atoms with van der Waals surface area (Å²) in [5.41, 5.74) is 14.8. The summed E-state index contributed by atoms with van der Waals surface area (Å²) in [4.78, 5) is 48.2. The number of nitrogens with one attached hydrogen (secondary N) is 4. The Morgan fingerprint density at radius 1 is 0.600 bits per heavy atom. The maximum Gasteiger partial charge on any atom is 0.407 e. The number of ether oxygens (including phenoxy) is 4. The molecule has 0 aromatic heterocycles. The van der Waals surface area contributed by atoms with Crippen LogP contribution in [0.1, 0.15) is 19.3 Å². The van der Waals surface area contributed by atoms with Crippen molar-refractivity contribution in [2.75, 3.05) is 85.5 Å². The molecule has 0 heterocycles. The van der Waals surface area contributed by atoms with E-state index in [0.29, 0.717) is 39.3 Å². The number of amides is 4. The van der Waals surface area contributed by atoms with Crippen LogP contribution in [-0.2, 0) is 33.3 Å². The number of alkyl carbamates (subject to hydrolysis) is 1. The van der Waals surface area contributed by atoms with Crippen molar-refractivity contribution >= 4 is 58.6 Å². The minimum Gasteiger partial charge on any atom is -0.445 e. The van der Waals surface area contributed by atoms with Gasteiger partial charge in [0.2, 0.25) is 21.5 Å². The van der Waals surface area contributed by atoms with Crippen molar-refractivity contribution in [2.45, 2.75) is 28.6 Å². The number of halogens is 3. The molecule has 40 heavy (non-hydrogen) atoms. The summed E-state index contributed by atoms with van der Waals surface area (Å²) < 4.78 is 20.2. The molecule has 234 valence electrons. The van der Waals surface area contributed by atoms with Gasteiger partial charge in [-0.15, -0.1) is 0 Å². The minimum atomic E-state index is -1.85. The van der Waals surface area contributed by atoms with E-state index in [-0.39, 0.29) is 76.6 Å². The van der Waals surface area contributed by atoms with Crippen molar-refractivity contribution in [2.24, 2.45) is 17.2 Å². The Labute approximate surface area is 249 Å². The number of nitrogens with two attached hydrogens (primary N) is 3. The van der Waals surface area contributed by atoms with E-state index in [1.165, 1.54) is 0 Å². The molecule has 0 rings (SSSR count). The lowest BCUT2D eigenvalue weighted by atomic mass is 10.0. The highest BCUT2D eigenvalue weighted by atomic mass is 35.6. The summed E-state index contributed by atoms with van der Waals surface area (Å²) in [7, 11) is 0. The molecular formula is C22H42Cl3N7O8. The Morgan fingerprint density at radius 2 is 0.950 bits per heavy atom. The largest absolute Gasteiger partial charge is 0.445 e. The van der Waals surface area contributed by atoms with Gasteiger partial charge in [0.15, 0.2) is 0 Å². The summed E-state index contributed by atoms with van der Waals surface area (Å²) in [6.45, 7) is 0.667. The molecule has 0 aliphatic carbocycles. The number of hydrogen-bond donors (Lipinski definition) is 7. The maximum atomic E-state index is 12.6. The van der Waals surface area contributed by atoms with Gasteiger partial charge >= 0.3 is 6.09 Å². The molecule has 0 aromatic carbocycles. The predicted octanol–water partition coefficient (Wildman–Crippen LogP) is -1.73. The fourth-order valence-corrected chi connectivity index (χ4v) is 2.99. The molecule has 0 saturated carbocycles. The molecule has 18 heteroatoms. The Hall–Kier alpha value is -1.69. The monoisotopic (exact) mass is 637 g/mol. The third kappa shape index (κ3) is 22.1. The first-order valence-corrected chi connectivity index (χ1v) is 13.8. The summed E-state index contributed by atoms with van der Waals surface area (Å²) in [6.07, 6.45) is -0.891. The van der Waals surface area contributed by atoms with Crippen molar-refractivity contribution in [3.63, 3.8) is 0 Å². The van der Waals surface area contributed by atoms with Gasteiger partial charge in [-0.25, -0.2) is 4.79 Å². The van der Waals surface area contributed by atoms with E-state index in [2.05, 4.69) is 21.3 Å². The second-order valence-electron chi connectivity index (χ2n) is 8.42. The Balaban J connectivity index is 5.40. The van der Waals surface area contributed by atoms with Crippen molar-refractivity contribution < 1.29 is 38.1 Å². The highest BCUT2D eigenvalue weighted by Gasteiger charge is 2.35. The summed E-state index contributed by atoms with van der Waals surface area (Å²) >= 11 is 17.0. The molecule has 15 nitrogen and oxygen atoms in total. The Morgan fingerprint density at radius 3 is 1.25 bits per heavy atom. The first kappa shape index (κ1) is 38.3. The topological polar surface area (TPSA) is 231 Å². The molecule has 0 aliphatic rings. The van der Waals surface area contributed by atoms with Gasteiger partial charge in [-0.05, 0) is 0 Å². The SMILES string of the molecule is NCCNC(=O)CCOCC(COCCC(=O)NCCN)(COCCC(=O)NCCN)NC(=O)OCC(Cl)(Cl)Cl. The fraction of sp³-hybridized carbons (Fsp3) is 0.818. The van der Waals surface area contributed by atoms with Crippen molar-refractivity contribution in [3.05, 3.63) is 0 Å². The normalized spacial score (nSPS) is 11.6. The molecule has 4 amide bonds. The average molecular weight is 639 g/mol. The van der Waals surface area contributed by atoms with Gasteiger partial charge < -0.3 is 57.4 Å². The van der Waals surface area contributed by atoms with Crippen molar-refractivity contribution in [3.8, 4) is 0 Å².